The van der Waals surface area contributed by atoms with E-state index in [2.05, 4.69) is 43.7 Å². The molecule has 0 radical (unpaired) electrons. The van der Waals surface area contributed by atoms with Gasteiger partial charge < -0.3 is 0 Å². The highest BCUT2D eigenvalue weighted by molar-refractivity contribution is 9.09. The van der Waals surface area contributed by atoms with Gasteiger partial charge >= 0.3 is 0 Å². The van der Waals surface area contributed by atoms with Gasteiger partial charge in [0, 0.05) is 36.7 Å². The van der Waals surface area contributed by atoms with Gasteiger partial charge in [0.2, 0.25) is 0 Å². The van der Waals surface area contributed by atoms with Gasteiger partial charge in [0.25, 0.3) is 0 Å². The highest BCUT2D eigenvalue weighted by atomic mass is 33.4. The molecule has 0 aliphatic rings. The van der Waals surface area contributed by atoms with Gasteiger partial charge in [0.05, 0.1) is 6.16 Å². The predicted octanol–water partition coefficient (Wildman–Crippen LogP) is 3.73. The molecule has 0 amide bonds. The zero-order chi connectivity index (χ0) is 7.33. The Morgan fingerprint density at radius 1 is 1.11 bits per heavy atom. The van der Waals surface area contributed by atoms with Crippen molar-refractivity contribution in [3.8, 4) is 0 Å². The van der Waals surface area contributed by atoms with Crippen molar-refractivity contribution in [1.82, 2.24) is 0 Å². The van der Waals surface area contributed by atoms with Gasteiger partial charge in [0.15, 0.2) is 4.87 Å². The molecule has 0 N–H and O–H groups in total. The second-order valence-electron chi connectivity index (χ2n) is 2.12. The first-order valence-corrected chi connectivity index (χ1v) is 8.56. The summed E-state index contributed by atoms with van der Waals surface area (Å²) in [6.07, 6.45) is 4.84. The lowest BCUT2D eigenvalue weighted by Gasteiger charge is -2.03. The zero-order valence-electron chi connectivity index (χ0n) is 5.62. The molecule has 0 bridgehead atoms. The number of hydrogen-bond acceptors (Lipinski definition) is 3. The number of unbranched alkanes of at least 4 members (excludes halogenated alkanes) is 2. The second kappa shape index (κ2) is 5.17. The Morgan fingerprint density at radius 3 is 2.00 bits per heavy atom. The average molecular weight is 201 g/mol. The van der Waals surface area contributed by atoms with Crippen LogP contribution in [0, 0.1) is 0 Å². The minimum atomic E-state index is -1.36. The molecule has 0 aliphatic heterocycles. The second-order valence-corrected chi connectivity index (χ2v) is 12.9. The Balaban J connectivity index is 3.07. The van der Waals surface area contributed by atoms with Gasteiger partial charge in [-0.1, -0.05) is 19.8 Å². The number of thiol groups is 3. The normalized spacial score (nSPS) is 12.0. The van der Waals surface area contributed by atoms with Gasteiger partial charge in [-0.2, -0.15) is 0 Å². The van der Waals surface area contributed by atoms with Crippen LogP contribution in [0.4, 0.5) is 0 Å². The van der Waals surface area contributed by atoms with Crippen LogP contribution in [0.25, 0.3) is 0 Å². The fraction of sp³-hybridized carbons (Fsp3) is 1.00. The van der Waals surface area contributed by atoms with E-state index < -0.39 is 4.87 Å². The highest BCUT2D eigenvalue weighted by Crippen LogP contribution is 2.72. The fourth-order valence-corrected chi connectivity index (χ4v) is 2.49. The molecule has 9 heavy (non-hydrogen) atoms. The third kappa shape index (κ3) is 9.48. The molecule has 0 aromatic rings. The van der Waals surface area contributed by atoms with Crippen LogP contribution >= 0.6 is 41.6 Å². The van der Waals surface area contributed by atoms with E-state index in [9.17, 15) is 0 Å². The van der Waals surface area contributed by atoms with Gasteiger partial charge in [-0.15, -0.1) is 0 Å². The van der Waals surface area contributed by atoms with Crippen molar-refractivity contribution < 1.29 is 0 Å². The van der Waals surface area contributed by atoms with E-state index in [1.165, 1.54) is 19.3 Å². The third-order valence-electron chi connectivity index (χ3n) is 1.06. The van der Waals surface area contributed by atoms with Crippen LogP contribution in [0.15, 0.2) is 0 Å². The van der Waals surface area contributed by atoms with E-state index in [1.807, 2.05) is 0 Å². The molecule has 0 rings (SSSR count). The molecule has 0 unspecified atom stereocenters. The van der Waals surface area contributed by atoms with E-state index in [0.717, 1.165) is 6.16 Å². The Hall–Kier alpha value is 1.48. The van der Waals surface area contributed by atoms with Crippen molar-refractivity contribution in [3.63, 3.8) is 0 Å². The number of hydrogen-bond donors (Lipinski definition) is 3. The van der Waals surface area contributed by atoms with E-state index in [0.29, 0.717) is 0 Å². The molecular formula is C5H14PS3+. The standard InChI is InChI=1S/C5H14PS3/c1-2-3-4-5-6(7,8)9/h7-9H,2-5H2,1H3/q+1. The summed E-state index contributed by atoms with van der Waals surface area (Å²) in [5.74, 6) is 0. The summed E-state index contributed by atoms with van der Waals surface area (Å²) < 4.78 is 0. The van der Waals surface area contributed by atoms with Gasteiger partial charge in [-0.3, -0.25) is 0 Å². The monoisotopic (exact) mass is 201 g/mol. The van der Waals surface area contributed by atoms with Crippen molar-refractivity contribution in [3.05, 3.63) is 0 Å². The van der Waals surface area contributed by atoms with Crippen molar-refractivity contribution in [2.75, 3.05) is 6.16 Å². The molecule has 0 saturated carbocycles. The summed E-state index contributed by atoms with van der Waals surface area (Å²) in [4.78, 5) is -1.36. The topological polar surface area (TPSA) is 0 Å². The first kappa shape index (κ1) is 10.5. The van der Waals surface area contributed by atoms with Gasteiger partial charge in [0.1, 0.15) is 0 Å². The van der Waals surface area contributed by atoms with Crippen LogP contribution in [-0.2, 0) is 0 Å². The van der Waals surface area contributed by atoms with Crippen LogP contribution in [0.5, 0.6) is 0 Å². The molecule has 0 spiro atoms. The smallest absolute Gasteiger partial charge is 0.0654 e. The first-order chi connectivity index (χ1) is 4.06. The maximum absolute atomic E-state index is 4.27. The molecule has 0 fully saturated rings. The quantitative estimate of drug-likeness (QED) is 0.344. The lowest BCUT2D eigenvalue weighted by atomic mass is 10.3. The minimum absolute atomic E-state index is 1.08. The molecule has 0 heterocycles. The van der Waals surface area contributed by atoms with Crippen LogP contribution < -0.4 is 0 Å². The summed E-state index contributed by atoms with van der Waals surface area (Å²) in [5, 5.41) is 0. The summed E-state index contributed by atoms with van der Waals surface area (Å²) in [6.45, 7) is 2.19. The van der Waals surface area contributed by atoms with Crippen molar-refractivity contribution in [1.29, 1.82) is 0 Å². The van der Waals surface area contributed by atoms with E-state index >= 15 is 0 Å². The Labute approximate surface area is 74.0 Å². The van der Waals surface area contributed by atoms with Gasteiger partial charge in [-0.05, 0) is 6.42 Å². The summed E-state index contributed by atoms with van der Waals surface area (Å²) in [7, 11) is 0. The lowest BCUT2D eigenvalue weighted by Crippen LogP contribution is -1.79. The zero-order valence-corrected chi connectivity index (χ0v) is 9.19. The summed E-state index contributed by atoms with van der Waals surface area (Å²) in [6, 6.07) is 0. The fourth-order valence-electron chi connectivity index (χ4n) is 0.574. The minimum Gasteiger partial charge on any atom is -0.0654 e. The summed E-state index contributed by atoms with van der Waals surface area (Å²) >= 11 is 12.8. The highest BCUT2D eigenvalue weighted by Gasteiger charge is 2.22. The summed E-state index contributed by atoms with van der Waals surface area (Å²) in [5.41, 5.74) is 0. The maximum Gasteiger partial charge on any atom is 0.180 e. The SMILES string of the molecule is CCCCC[P+](S)(S)S. The molecule has 4 heteroatoms. The van der Waals surface area contributed by atoms with Gasteiger partial charge in [-0.25, -0.2) is 0 Å². The molecule has 0 atom stereocenters. The van der Waals surface area contributed by atoms with Crippen molar-refractivity contribution in [2.24, 2.45) is 0 Å². The number of rotatable bonds is 4. The third-order valence-corrected chi connectivity index (χ3v) is 3.78. The Bertz CT molecular complexity index is 69.1. The molecule has 0 aromatic heterocycles. The van der Waals surface area contributed by atoms with E-state index in [1.54, 1.807) is 0 Å². The lowest BCUT2D eigenvalue weighted by molar-refractivity contribution is 0.778. The van der Waals surface area contributed by atoms with Crippen LogP contribution in [-0.4, -0.2) is 6.16 Å². The largest absolute Gasteiger partial charge is 0.180 e. The van der Waals surface area contributed by atoms with Crippen LogP contribution in [0.3, 0.4) is 0 Å². The van der Waals surface area contributed by atoms with Crippen LogP contribution in [0.2, 0.25) is 0 Å². The van der Waals surface area contributed by atoms with E-state index in [4.69, 9.17) is 0 Å². The van der Waals surface area contributed by atoms with Crippen LogP contribution in [0.1, 0.15) is 26.2 Å². The molecular weight excluding hydrogens is 187 g/mol. The molecule has 0 aliphatic carbocycles. The van der Waals surface area contributed by atoms with Crippen molar-refractivity contribution in [2.45, 2.75) is 26.2 Å². The molecule has 0 saturated heterocycles. The molecule has 56 valence electrons. The first-order valence-electron chi connectivity index (χ1n) is 3.12. The average Bonchev–Trinajstić information content (AvgIpc) is 1.63. The van der Waals surface area contributed by atoms with Crippen molar-refractivity contribution >= 4 is 41.6 Å². The Kier molecular flexibility index (Phi) is 6.02. The predicted molar refractivity (Wildman–Crippen MR) is 58.3 cm³/mol. The maximum atomic E-state index is 4.27. The molecule has 0 aromatic carbocycles. The Morgan fingerprint density at radius 2 is 1.67 bits per heavy atom. The van der Waals surface area contributed by atoms with E-state index in [-0.39, 0.29) is 0 Å². The molecule has 0 nitrogen and oxygen atoms in total.